The van der Waals surface area contributed by atoms with Gasteiger partial charge >= 0.3 is 0 Å². The molecule has 0 radical (unpaired) electrons. The highest BCUT2D eigenvalue weighted by Crippen LogP contribution is 2.34. The predicted molar refractivity (Wildman–Crippen MR) is 125 cm³/mol. The molecule has 0 aliphatic heterocycles. The molecule has 160 valence electrons. The highest BCUT2D eigenvalue weighted by Gasteiger charge is 2.16. The van der Waals surface area contributed by atoms with Crippen LogP contribution in [0.4, 0.5) is 0 Å². The molecule has 0 aromatic heterocycles. The van der Waals surface area contributed by atoms with Crippen molar-refractivity contribution in [2.45, 2.75) is 84.5 Å². The van der Waals surface area contributed by atoms with Crippen molar-refractivity contribution in [2.24, 2.45) is 0 Å². The van der Waals surface area contributed by atoms with E-state index in [0.29, 0.717) is 5.92 Å². The summed E-state index contributed by atoms with van der Waals surface area (Å²) >= 11 is 0. The number of ether oxygens (including phenoxy) is 2. The van der Waals surface area contributed by atoms with Crippen molar-refractivity contribution in [2.75, 3.05) is 14.2 Å². The summed E-state index contributed by atoms with van der Waals surface area (Å²) in [5.41, 5.74) is 5.18. The largest absolute Gasteiger partial charge is 0.496 e. The number of rotatable bonds is 13. The Morgan fingerprint density at radius 3 is 1.52 bits per heavy atom. The van der Waals surface area contributed by atoms with E-state index in [-0.39, 0.29) is 0 Å². The lowest BCUT2D eigenvalue weighted by molar-refractivity contribution is 0.411. The molecule has 0 N–H and O–H groups in total. The normalized spacial score (nSPS) is 11.1. The van der Waals surface area contributed by atoms with Gasteiger partial charge in [-0.1, -0.05) is 82.6 Å². The molecule has 2 rings (SSSR count). The van der Waals surface area contributed by atoms with Gasteiger partial charge < -0.3 is 9.47 Å². The molecule has 0 saturated heterocycles. The molecule has 0 atom stereocenters. The van der Waals surface area contributed by atoms with Gasteiger partial charge in [0.05, 0.1) is 14.2 Å². The molecule has 0 aliphatic rings. The van der Waals surface area contributed by atoms with Crippen LogP contribution in [0.2, 0.25) is 0 Å². The first kappa shape index (κ1) is 23.3. The molecule has 0 unspecified atom stereocenters. The van der Waals surface area contributed by atoms with Crippen LogP contribution in [0, 0.1) is 13.8 Å². The second kappa shape index (κ2) is 12.6. The first-order chi connectivity index (χ1) is 14.1. The topological polar surface area (TPSA) is 18.5 Å². The van der Waals surface area contributed by atoms with Gasteiger partial charge in [-0.3, -0.25) is 0 Å². The second-order valence-corrected chi connectivity index (χ2v) is 8.27. The van der Waals surface area contributed by atoms with Crippen LogP contribution < -0.4 is 9.47 Å². The van der Waals surface area contributed by atoms with Crippen molar-refractivity contribution >= 4 is 0 Å². The Bertz CT molecular complexity index is 682. The van der Waals surface area contributed by atoms with Crippen molar-refractivity contribution < 1.29 is 9.47 Å². The molecule has 0 saturated carbocycles. The fourth-order valence-electron chi connectivity index (χ4n) is 4.24. The van der Waals surface area contributed by atoms with Crippen LogP contribution in [-0.4, -0.2) is 14.2 Å². The van der Waals surface area contributed by atoms with Crippen molar-refractivity contribution in [3.05, 3.63) is 58.7 Å². The zero-order valence-corrected chi connectivity index (χ0v) is 19.2. The Morgan fingerprint density at radius 1 is 0.655 bits per heavy atom. The summed E-state index contributed by atoms with van der Waals surface area (Å²) in [5.74, 6) is 2.35. The van der Waals surface area contributed by atoms with Crippen molar-refractivity contribution in [3.8, 4) is 11.5 Å². The molecule has 2 nitrogen and oxygen atoms in total. The molecule has 2 heteroatoms. The zero-order valence-electron chi connectivity index (χ0n) is 19.2. The molecule has 0 amide bonds. The lowest BCUT2D eigenvalue weighted by Gasteiger charge is -2.21. The molecule has 2 aromatic carbocycles. The second-order valence-electron chi connectivity index (χ2n) is 8.27. The number of hydrogen-bond donors (Lipinski definition) is 0. The van der Waals surface area contributed by atoms with Crippen LogP contribution in [0.1, 0.15) is 92.9 Å². The van der Waals surface area contributed by atoms with Gasteiger partial charge in [0.25, 0.3) is 0 Å². The van der Waals surface area contributed by atoms with E-state index in [4.69, 9.17) is 9.47 Å². The summed E-state index contributed by atoms with van der Waals surface area (Å²) in [6.07, 6.45) is 12.0. The Hall–Kier alpha value is -1.96. The summed E-state index contributed by atoms with van der Waals surface area (Å²) in [6.45, 7) is 6.55. The fraction of sp³-hybridized carbons (Fsp3) is 0.556. The number of aryl methyl sites for hydroxylation is 2. The van der Waals surface area contributed by atoms with Gasteiger partial charge in [0, 0.05) is 5.92 Å². The van der Waals surface area contributed by atoms with Crippen LogP contribution in [0.15, 0.2) is 36.4 Å². The van der Waals surface area contributed by atoms with E-state index in [2.05, 4.69) is 57.2 Å². The van der Waals surface area contributed by atoms with Gasteiger partial charge in [0.15, 0.2) is 0 Å². The zero-order chi connectivity index (χ0) is 21.1. The van der Waals surface area contributed by atoms with Crippen LogP contribution in [-0.2, 0) is 0 Å². The molecule has 0 bridgehead atoms. The molecule has 0 heterocycles. The number of benzene rings is 2. The Balaban J connectivity index is 2.08. The Labute approximate surface area is 178 Å². The van der Waals surface area contributed by atoms with Crippen LogP contribution in [0.25, 0.3) is 0 Å². The number of unbranched alkanes of at least 4 members (excludes halogenated alkanes) is 7. The molecule has 2 aromatic rings. The van der Waals surface area contributed by atoms with Gasteiger partial charge in [0.1, 0.15) is 11.5 Å². The van der Waals surface area contributed by atoms with Gasteiger partial charge in [-0.05, 0) is 54.7 Å². The van der Waals surface area contributed by atoms with E-state index in [9.17, 15) is 0 Å². The minimum Gasteiger partial charge on any atom is -0.496 e. The van der Waals surface area contributed by atoms with E-state index >= 15 is 0 Å². The highest BCUT2D eigenvalue weighted by atomic mass is 16.5. The van der Waals surface area contributed by atoms with E-state index in [1.165, 1.54) is 80.0 Å². The highest BCUT2D eigenvalue weighted by molar-refractivity contribution is 5.44. The van der Waals surface area contributed by atoms with Crippen molar-refractivity contribution in [1.29, 1.82) is 0 Å². The van der Waals surface area contributed by atoms with Crippen LogP contribution in [0.3, 0.4) is 0 Å². The third-order valence-electron chi connectivity index (χ3n) is 5.99. The smallest absolute Gasteiger partial charge is 0.121 e. The lowest BCUT2D eigenvalue weighted by Crippen LogP contribution is -2.04. The average Bonchev–Trinajstić information content (AvgIpc) is 2.72. The minimum absolute atomic E-state index is 0.421. The van der Waals surface area contributed by atoms with E-state index in [0.717, 1.165) is 11.5 Å². The Morgan fingerprint density at radius 2 is 1.10 bits per heavy atom. The third kappa shape index (κ3) is 7.10. The average molecular weight is 397 g/mol. The summed E-state index contributed by atoms with van der Waals surface area (Å²) in [7, 11) is 3.49. The maximum atomic E-state index is 5.47. The summed E-state index contributed by atoms with van der Waals surface area (Å²) < 4.78 is 10.9. The lowest BCUT2D eigenvalue weighted by atomic mass is 9.85. The molecule has 0 spiro atoms. The predicted octanol–water partition coefficient (Wildman–Crippen LogP) is 7.98. The summed E-state index contributed by atoms with van der Waals surface area (Å²) in [4.78, 5) is 0. The van der Waals surface area contributed by atoms with Crippen LogP contribution >= 0.6 is 0 Å². The Kier molecular flexibility index (Phi) is 10.1. The molecular weight excluding hydrogens is 356 g/mol. The quantitative estimate of drug-likeness (QED) is 0.319. The first-order valence-electron chi connectivity index (χ1n) is 11.4. The van der Waals surface area contributed by atoms with Gasteiger partial charge in [-0.2, -0.15) is 0 Å². The van der Waals surface area contributed by atoms with Gasteiger partial charge in [-0.25, -0.2) is 0 Å². The maximum Gasteiger partial charge on any atom is 0.121 e. The van der Waals surface area contributed by atoms with Gasteiger partial charge in [0.2, 0.25) is 0 Å². The van der Waals surface area contributed by atoms with E-state index in [1.807, 2.05) is 0 Å². The molecule has 29 heavy (non-hydrogen) atoms. The van der Waals surface area contributed by atoms with Crippen LogP contribution in [0.5, 0.6) is 11.5 Å². The molecular formula is C27H40O2. The van der Waals surface area contributed by atoms with Gasteiger partial charge in [-0.15, -0.1) is 0 Å². The van der Waals surface area contributed by atoms with E-state index in [1.54, 1.807) is 14.2 Å². The third-order valence-corrected chi connectivity index (χ3v) is 5.99. The molecule has 0 fully saturated rings. The fourth-order valence-corrected chi connectivity index (χ4v) is 4.24. The SMILES string of the molecule is CCCCCCCCCCC(c1ccc(OC)c(C)c1)c1ccc(OC)c(C)c1. The number of hydrogen-bond acceptors (Lipinski definition) is 2. The van der Waals surface area contributed by atoms with Crippen molar-refractivity contribution in [3.63, 3.8) is 0 Å². The summed E-state index contributed by atoms with van der Waals surface area (Å²) in [5, 5.41) is 0. The standard InChI is InChI=1S/C27H40O2/c1-6-7-8-9-10-11-12-13-14-25(23-15-17-26(28-4)21(2)19-23)24-16-18-27(29-5)22(3)20-24/h15-20,25H,6-14H2,1-5H3. The first-order valence-corrected chi connectivity index (χ1v) is 11.4. The van der Waals surface area contributed by atoms with E-state index < -0.39 is 0 Å². The van der Waals surface area contributed by atoms with Crippen molar-refractivity contribution in [1.82, 2.24) is 0 Å². The monoisotopic (exact) mass is 396 g/mol. The molecule has 0 aliphatic carbocycles. The summed E-state index contributed by atoms with van der Waals surface area (Å²) in [6, 6.07) is 13.3. The minimum atomic E-state index is 0.421. The number of methoxy groups -OCH3 is 2. The maximum absolute atomic E-state index is 5.47.